The molecule has 0 aliphatic carbocycles. The van der Waals surface area contributed by atoms with E-state index in [1.165, 1.54) is 0 Å². The van der Waals surface area contributed by atoms with Gasteiger partial charge in [0.2, 0.25) is 10.0 Å². The first-order chi connectivity index (χ1) is 7.59. The van der Waals surface area contributed by atoms with E-state index in [0.29, 0.717) is 5.69 Å². The molecule has 1 heterocycles. The predicted octanol–water partition coefficient (Wildman–Crippen LogP) is 0.587. The van der Waals surface area contributed by atoms with Crippen molar-refractivity contribution in [2.45, 2.75) is 4.90 Å². The molecule has 8 heteroatoms. The second kappa shape index (κ2) is 7.16. The number of hydrogen-bond acceptors (Lipinski definition) is 4. The van der Waals surface area contributed by atoms with Crippen LogP contribution in [0, 0.1) is 0 Å². The maximum atomic E-state index is 11.4. The molecule has 0 aromatic heterocycles. The lowest BCUT2D eigenvalue weighted by Gasteiger charge is -2.30. The number of primary sulfonamides is 1. The van der Waals surface area contributed by atoms with Gasteiger partial charge in [-0.1, -0.05) is 12.1 Å². The molecule has 18 heavy (non-hydrogen) atoms. The number of sulfonamides is 1. The van der Waals surface area contributed by atoms with E-state index in [4.69, 9.17) is 5.14 Å². The number of benzene rings is 1. The average Bonchev–Trinajstić information content (AvgIpc) is 2.29. The normalized spacial score (nSPS) is 15.5. The Morgan fingerprint density at radius 3 is 2.22 bits per heavy atom. The lowest BCUT2D eigenvalue weighted by Crippen LogP contribution is -2.44. The van der Waals surface area contributed by atoms with E-state index in [-0.39, 0.29) is 29.7 Å². The zero-order valence-electron chi connectivity index (χ0n) is 9.70. The Morgan fingerprint density at radius 2 is 1.67 bits per heavy atom. The molecule has 0 amide bonds. The number of nitrogens with zero attached hydrogens (tertiary/aromatic N) is 1. The molecule has 2 rings (SSSR count). The van der Waals surface area contributed by atoms with Crippen LogP contribution in [0.2, 0.25) is 0 Å². The number of para-hydroxylation sites is 1. The first-order valence-corrected chi connectivity index (χ1v) is 6.71. The third kappa shape index (κ3) is 4.00. The largest absolute Gasteiger partial charge is 0.368 e. The molecule has 104 valence electrons. The van der Waals surface area contributed by atoms with Crippen molar-refractivity contribution < 1.29 is 8.42 Å². The zero-order chi connectivity index (χ0) is 11.6. The first-order valence-electron chi connectivity index (χ1n) is 5.16. The van der Waals surface area contributed by atoms with Gasteiger partial charge in [-0.05, 0) is 12.1 Å². The van der Waals surface area contributed by atoms with Crippen LogP contribution in [0.4, 0.5) is 5.69 Å². The molecule has 1 aromatic rings. The van der Waals surface area contributed by atoms with Crippen molar-refractivity contribution in [3.05, 3.63) is 24.3 Å². The van der Waals surface area contributed by atoms with E-state index < -0.39 is 10.0 Å². The minimum atomic E-state index is -3.64. The summed E-state index contributed by atoms with van der Waals surface area (Å²) in [6, 6.07) is 6.86. The van der Waals surface area contributed by atoms with Gasteiger partial charge < -0.3 is 10.2 Å². The summed E-state index contributed by atoms with van der Waals surface area (Å²) in [5, 5.41) is 8.41. The highest BCUT2D eigenvalue weighted by Crippen LogP contribution is 2.23. The van der Waals surface area contributed by atoms with Crippen molar-refractivity contribution >= 4 is 40.5 Å². The molecule has 1 aliphatic rings. The Hall–Kier alpha value is -0.530. The Kier molecular flexibility index (Phi) is 6.94. The van der Waals surface area contributed by atoms with Crippen molar-refractivity contribution in [2.24, 2.45) is 5.14 Å². The number of rotatable bonds is 2. The second-order valence-electron chi connectivity index (χ2n) is 3.75. The van der Waals surface area contributed by atoms with Crippen LogP contribution in [0.1, 0.15) is 0 Å². The first kappa shape index (κ1) is 17.5. The van der Waals surface area contributed by atoms with Crippen LogP contribution in [0.25, 0.3) is 0 Å². The molecule has 0 bridgehead atoms. The van der Waals surface area contributed by atoms with Gasteiger partial charge in [0, 0.05) is 26.2 Å². The molecular weight excluding hydrogens is 297 g/mol. The molecule has 0 atom stereocenters. The summed E-state index contributed by atoms with van der Waals surface area (Å²) < 4.78 is 22.9. The smallest absolute Gasteiger partial charge is 0.240 e. The molecular formula is C10H17Cl2N3O2S. The van der Waals surface area contributed by atoms with Crippen LogP contribution in [0.5, 0.6) is 0 Å². The summed E-state index contributed by atoms with van der Waals surface area (Å²) in [4.78, 5) is 2.24. The van der Waals surface area contributed by atoms with Gasteiger partial charge in [0.05, 0.1) is 5.69 Å². The standard InChI is InChI=1S/C10H15N3O2S.2ClH/c11-16(14,15)10-4-2-1-3-9(10)13-7-5-12-6-8-13;;/h1-4,12H,5-8H2,(H2,11,14,15);2*1H. The molecule has 1 fully saturated rings. The van der Waals surface area contributed by atoms with Gasteiger partial charge in [-0.15, -0.1) is 24.8 Å². The fourth-order valence-corrected chi connectivity index (χ4v) is 2.62. The fraction of sp³-hybridized carbons (Fsp3) is 0.400. The maximum absolute atomic E-state index is 11.4. The van der Waals surface area contributed by atoms with Gasteiger partial charge in [-0.2, -0.15) is 0 Å². The van der Waals surface area contributed by atoms with E-state index in [2.05, 4.69) is 5.32 Å². The molecule has 1 aromatic carbocycles. The number of nitrogens with one attached hydrogen (secondary N) is 1. The Labute approximate surface area is 120 Å². The summed E-state index contributed by atoms with van der Waals surface area (Å²) in [5.41, 5.74) is 0.700. The highest BCUT2D eigenvalue weighted by Gasteiger charge is 2.19. The van der Waals surface area contributed by atoms with Gasteiger partial charge in [0.1, 0.15) is 4.90 Å². The van der Waals surface area contributed by atoms with E-state index >= 15 is 0 Å². The lowest BCUT2D eigenvalue weighted by atomic mass is 10.2. The van der Waals surface area contributed by atoms with Crippen molar-refractivity contribution in [1.29, 1.82) is 0 Å². The number of hydrogen-bond donors (Lipinski definition) is 2. The molecule has 0 radical (unpaired) electrons. The Bertz CT molecular complexity index is 476. The monoisotopic (exact) mass is 313 g/mol. The third-order valence-corrected chi connectivity index (χ3v) is 3.59. The van der Waals surface area contributed by atoms with E-state index in [0.717, 1.165) is 26.2 Å². The second-order valence-corrected chi connectivity index (χ2v) is 5.28. The zero-order valence-corrected chi connectivity index (χ0v) is 12.2. The van der Waals surface area contributed by atoms with Gasteiger partial charge in [0.25, 0.3) is 0 Å². The molecule has 3 N–H and O–H groups in total. The highest BCUT2D eigenvalue weighted by atomic mass is 35.5. The van der Waals surface area contributed by atoms with Crippen LogP contribution in [-0.4, -0.2) is 34.6 Å². The van der Waals surface area contributed by atoms with Crippen molar-refractivity contribution in [2.75, 3.05) is 31.1 Å². The topological polar surface area (TPSA) is 75.4 Å². The average molecular weight is 314 g/mol. The Balaban J connectivity index is 0.00000144. The molecule has 1 saturated heterocycles. The van der Waals surface area contributed by atoms with Crippen LogP contribution >= 0.6 is 24.8 Å². The summed E-state index contributed by atoms with van der Waals surface area (Å²) in [5.74, 6) is 0. The van der Waals surface area contributed by atoms with Crippen LogP contribution < -0.4 is 15.4 Å². The van der Waals surface area contributed by atoms with Gasteiger partial charge in [-0.3, -0.25) is 0 Å². The predicted molar refractivity (Wildman–Crippen MR) is 77.4 cm³/mol. The van der Waals surface area contributed by atoms with E-state index in [1.807, 2.05) is 11.0 Å². The van der Waals surface area contributed by atoms with Gasteiger partial charge in [0.15, 0.2) is 0 Å². The third-order valence-electron chi connectivity index (χ3n) is 2.63. The summed E-state index contributed by atoms with van der Waals surface area (Å²) in [7, 11) is -3.64. The maximum Gasteiger partial charge on any atom is 0.240 e. The Morgan fingerprint density at radius 1 is 1.11 bits per heavy atom. The minimum absolute atomic E-state index is 0. The summed E-state index contributed by atoms with van der Waals surface area (Å²) in [6.45, 7) is 3.32. The molecule has 0 spiro atoms. The van der Waals surface area contributed by atoms with Crippen LogP contribution in [0.15, 0.2) is 29.2 Å². The molecule has 0 unspecified atom stereocenters. The van der Waals surface area contributed by atoms with Crippen molar-refractivity contribution in [1.82, 2.24) is 5.32 Å². The summed E-state index contributed by atoms with van der Waals surface area (Å²) in [6.07, 6.45) is 0. The summed E-state index contributed by atoms with van der Waals surface area (Å²) >= 11 is 0. The molecule has 1 aliphatic heterocycles. The quantitative estimate of drug-likeness (QED) is 0.838. The number of anilines is 1. The molecule has 5 nitrogen and oxygen atoms in total. The van der Waals surface area contributed by atoms with Gasteiger partial charge >= 0.3 is 0 Å². The van der Waals surface area contributed by atoms with Crippen LogP contribution in [-0.2, 0) is 10.0 Å². The number of nitrogens with two attached hydrogens (primary N) is 1. The highest BCUT2D eigenvalue weighted by molar-refractivity contribution is 7.89. The van der Waals surface area contributed by atoms with Gasteiger partial charge in [-0.25, -0.2) is 13.6 Å². The lowest BCUT2D eigenvalue weighted by molar-refractivity contribution is 0.580. The van der Waals surface area contributed by atoms with Crippen molar-refractivity contribution in [3.8, 4) is 0 Å². The fourth-order valence-electron chi connectivity index (χ4n) is 1.86. The minimum Gasteiger partial charge on any atom is -0.368 e. The van der Waals surface area contributed by atoms with E-state index in [9.17, 15) is 8.42 Å². The number of halogens is 2. The van der Waals surface area contributed by atoms with E-state index in [1.54, 1.807) is 18.2 Å². The van der Waals surface area contributed by atoms with Crippen molar-refractivity contribution in [3.63, 3.8) is 0 Å². The molecule has 0 saturated carbocycles. The number of piperazine rings is 1. The van der Waals surface area contributed by atoms with Crippen LogP contribution in [0.3, 0.4) is 0 Å². The SMILES string of the molecule is Cl.Cl.NS(=O)(=O)c1ccccc1N1CCNCC1.